The fourth-order valence-corrected chi connectivity index (χ4v) is 2.13. The highest BCUT2D eigenvalue weighted by Crippen LogP contribution is 2.33. The second-order valence-electron chi connectivity index (χ2n) is 6.14. The van der Waals surface area contributed by atoms with Crippen LogP contribution >= 0.6 is 0 Å². The van der Waals surface area contributed by atoms with Crippen molar-refractivity contribution in [1.29, 1.82) is 0 Å². The summed E-state index contributed by atoms with van der Waals surface area (Å²) in [5.41, 5.74) is -1.12. The number of ether oxygens (including phenoxy) is 1. The number of nitrogens with one attached hydrogen (secondary N) is 2. The van der Waals surface area contributed by atoms with Gasteiger partial charge in [0, 0.05) is 18.0 Å². The van der Waals surface area contributed by atoms with E-state index in [-0.39, 0.29) is 23.6 Å². The van der Waals surface area contributed by atoms with E-state index in [2.05, 4.69) is 10.3 Å². The molecule has 140 valence electrons. The van der Waals surface area contributed by atoms with Gasteiger partial charge in [-0.2, -0.15) is 13.2 Å². The van der Waals surface area contributed by atoms with Crippen molar-refractivity contribution in [2.24, 2.45) is 5.92 Å². The second-order valence-corrected chi connectivity index (χ2v) is 6.14. The van der Waals surface area contributed by atoms with Crippen molar-refractivity contribution in [3.05, 3.63) is 58.0 Å². The van der Waals surface area contributed by atoms with E-state index in [4.69, 9.17) is 4.74 Å². The van der Waals surface area contributed by atoms with Crippen LogP contribution in [-0.4, -0.2) is 17.5 Å². The highest BCUT2D eigenvalue weighted by atomic mass is 19.4. The number of benzene rings is 1. The summed E-state index contributed by atoms with van der Waals surface area (Å²) in [5, 5.41) is 2.48. The Balaban J connectivity index is 2.29. The number of carbonyl (C=O) groups is 1. The number of aromatic amines is 1. The summed E-state index contributed by atoms with van der Waals surface area (Å²) >= 11 is 0. The number of hydrogen-bond acceptors (Lipinski definition) is 3. The molecular formula is C18H19F3N2O3. The van der Waals surface area contributed by atoms with Crippen molar-refractivity contribution in [2.45, 2.75) is 26.4 Å². The van der Waals surface area contributed by atoms with Crippen LogP contribution in [0.25, 0.3) is 0 Å². The van der Waals surface area contributed by atoms with Crippen LogP contribution in [0.5, 0.6) is 5.75 Å². The Morgan fingerprint density at radius 1 is 1.23 bits per heavy atom. The number of carbonyl (C=O) groups excluding carboxylic acids is 1. The molecule has 0 aliphatic rings. The predicted molar refractivity (Wildman–Crippen MR) is 91.4 cm³/mol. The van der Waals surface area contributed by atoms with Crippen molar-refractivity contribution < 1.29 is 22.7 Å². The number of anilines is 1. The van der Waals surface area contributed by atoms with E-state index < -0.39 is 23.2 Å². The third kappa shape index (κ3) is 5.37. The fourth-order valence-electron chi connectivity index (χ4n) is 2.13. The Morgan fingerprint density at radius 3 is 2.58 bits per heavy atom. The number of halogens is 3. The zero-order chi connectivity index (χ0) is 19.3. The van der Waals surface area contributed by atoms with Crippen molar-refractivity contribution in [2.75, 3.05) is 11.9 Å². The van der Waals surface area contributed by atoms with Gasteiger partial charge in [0.1, 0.15) is 5.75 Å². The first kappa shape index (κ1) is 19.6. The first-order valence-corrected chi connectivity index (χ1v) is 8.01. The summed E-state index contributed by atoms with van der Waals surface area (Å²) in [4.78, 5) is 26.1. The van der Waals surface area contributed by atoms with Gasteiger partial charge in [-0.25, -0.2) is 0 Å². The molecule has 0 unspecified atom stereocenters. The number of H-pyrrole nitrogens is 1. The van der Waals surface area contributed by atoms with Crippen LogP contribution in [0.2, 0.25) is 0 Å². The Morgan fingerprint density at radius 2 is 1.96 bits per heavy atom. The topological polar surface area (TPSA) is 71.2 Å². The number of hydrogen-bond donors (Lipinski definition) is 2. The molecule has 1 heterocycles. The minimum atomic E-state index is -4.54. The monoisotopic (exact) mass is 368 g/mol. The number of aromatic nitrogens is 1. The summed E-state index contributed by atoms with van der Waals surface area (Å²) in [7, 11) is 0. The molecule has 2 aromatic rings. The van der Waals surface area contributed by atoms with Crippen LogP contribution in [0.1, 0.15) is 36.2 Å². The lowest BCUT2D eigenvalue weighted by molar-refractivity contribution is -0.137. The van der Waals surface area contributed by atoms with Crippen LogP contribution in [0.4, 0.5) is 18.9 Å². The molecule has 0 fully saturated rings. The van der Waals surface area contributed by atoms with E-state index in [9.17, 15) is 22.8 Å². The maximum Gasteiger partial charge on any atom is 0.416 e. The molecule has 2 rings (SSSR count). The zero-order valence-corrected chi connectivity index (χ0v) is 14.3. The van der Waals surface area contributed by atoms with Gasteiger partial charge in [-0.05, 0) is 36.6 Å². The van der Waals surface area contributed by atoms with Crippen LogP contribution in [0.3, 0.4) is 0 Å². The van der Waals surface area contributed by atoms with Gasteiger partial charge in [-0.1, -0.05) is 13.8 Å². The van der Waals surface area contributed by atoms with Crippen molar-refractivity contribution >= 4 is 11.6 Å². The molecular weight excluding hydrogens is 349 g/mol. The summed E-state index contributed by atoms with van der Waals surface area (Å²) in [5.74, 6) is -0.513. The van der Waals surface area contributed by atoms with Gasteiger partial charge in [0.25, 0.3) is 5.91 Å². The highest BCUT2D eigenvalue weighted by molar-refractivity contribution is 6.06. The lowest BCUT2D eigenvalue weighted by Gasteiger charge is -2.15. The molecule has 8 heteroatoms. The van der Waals surface area contributed by atoms with Gasteiger partial charge in [-0.3, -0.25) is 9.59 Å². The van der Waals surface area contributed by atoms with Gasteiger partial charge in [0.2, 0.25) is 5.56 Å². The Kier molecular flexibility index (Phi) is 6.07. The number of rotatable bonds is 6. The van der Waals surface area contributed by atoms with Gasteiger partial charge in [0.05, 0.1) is 17.7 Å². The smallest absolute Gasteiger partial charge is 0.416 e. The highest BCUT2D eigenvalue weighted by Gasteiger charge is 2.32. The van der Waals surface area contributed by atoms with Crippen LogP contribution in [0, 0.1) is 5.92 Å². The number of amides is 1. The maximum absolute atomic E-state index is 12.9. The molecule has 0 saturated carbocycles. The summed E-state index contributed by atoms with van der Waals surface area (Å²) in [6, 6.07) is 5.33. The van der Waals surface area contributed by atoms with E-state index in [1.807, 2.05) is 13.8 Å². The van der Waals surface area contributed by atoms with Gasteiger partial charge in [-0.15, -0.1) is 0 Å². The quantitative estimate of drug-likeness (QED) is 0.807. The van der Waals surface area contributed by atoms with Crippen molar-refractivity contribution in [1.82, 2.24) is 4.98 Å². The van der Waals surface area contributed by atoms with E-state index in [1.165, 1.54) is 18.3 Å². The largest absolute Gasteiger partial charge is 0.493 e. The normalized spacial score (nSPS) is 11.5. The lowest BCUT2D eigenvalue weighted by atomic mass is 10.1. The standard InChI is InChI=1S/C18H19F3N2O3/c1-11(2)6-8-26-15-9-12(18(19,20)21)3-4-14(15)17(25)23-13-5-7-22-16(24)10-13/h3-5,7,9-11H,6,8H2,1-2H3,(H2,22,23,24,25). The lowest BCUT2D eigenvalue weighted by Crippen LogP contribution is -2.17. The molecule has 0 spiro atoms. The summed E-state index contributed by atoms with van der Waals surface area (Å²) in [6.45, 7) is 4.09. The molecule has 0 atom stereocenters. The Bertz CT molecular complexity index is 829. The van der Waals surface area contributed by atoms with Crippen LogP contribution in [0.15, 0.2) is 41.3 Å². The van der Waals surface area contributed by atoms with E-state index in [1.54, 1.807) is 0 Å². The van der Waals surface area contributed by atoms with E-state index >= 15 is 0 Å². The minimum absolute atomic E-state index is 0.0398. The zero-order valence-electron chi connectivity index (χ0n) is 14.3. The molecule has 0 aliphatic heterocycles. The molecule has 26 heavy (non-hydrogen) atoms. The minimum Gasteiger partial charge on any atom is -0.493 e. The first-order valence-electron chi connectivity index (χ1n) is 8.01. The molecule has 0 aliphatic carbocycles. The molecule has 2 N–H and O–H groups in total. The second kappa shape index (κ2) is 8.07. The van der Waals surface area contributed by atoms with Crippen molar-refractivity contribution in [3.8, 4) is 5.75 Å². The maximum atomic E-state index is 12.9. The molecule has 1 aromatic carbocycles. The average Bonchev–Trinajstić information content (AvgIpc) is 2.53. The van der Waals surface area contributed by atoms with Gasteiger partial charge in [0.15, 0.2) is 0 Å². The third-order valence-corrected chi connectivity index (χ3v) is 3.54. The molecule has 0 radical (unpaired) electrons. The summed E-state index contributed by atoms with van der Waals surface area (Å²) in [6.07, 6.45) is -2.56. The van der Waals surface area contributed by atoms with E-state index in [0.29, 0.717) is 12.3 Å². The molecule has 0 bridgehead atoms. The van der Waals surface area contributed by atoms with Gasteiger partial charge < -0.3 is 15.0 Å². The Hall–Kier alpha value is -2.77. The van der Waals surface area contributed by atoms with E-state index in [0.717, 1.165) is 18.2 Å². The van der Waals surface area contributed by atoms with Crippen LogP contribution < -0.4 is 15.6 Å². The number of pyridine rings is 1. The first-order chi connectivity index (χ1) is 12.2. The summed E-state index contributed by atoms with van der Waals surface area (Å²) < 4.78 is 44.3. The number of alkyl halides is 3. The molecule has 1 aromatic heterocycles. The fraction of sp³-hybridized carbons (Fsp3) is 0.333. The predicted octanol–water partition coefficient (Wildman–Crippen LogP) is 4.07. The molecule has 1 amide bonds. The SMILES string of the molecule is CC(C)CCOc1cc(C(F)(F)F)ccc1C(=O)Nc1cc[nH]c(=O)c1. The average molecular weight is 368 g/mol. The third-order valence-electron chi connectivity index (χ3n) is 3.54. The van der Waals surface area contributed by atoms with Crippen LogP contribution in [-0.2, 0) is 6.18 Å². The molecule has 0 saturated heterocycles. The van der Waals surface area contributed by atoms with Gasteiger partial charge >= 0.3 is 6.18 Å². The Labute approximate surface area is 148 Å². The molecule has 5 nitrogen and oxygen atoms in total. The van der Waals surface area contributed by atoms with Crippen molar-refractivity contribution in [3.63, 3.8) is 0 Å².